The number of esters is 2. The number of hydrogen-bond donors (Lipinski definition) is 0. The van der Waals surface area contributed by atoms with E-state index in [9.17, 15) is 9.59 Å². The van der Waals surface area contributed by atoms with Crippen molar-refractivity contribution in [2.75, 3.05) is 13.2 Å². The second kappa shape index (κ2) is 9.16. The number of carbonyl (C=O) groups excluding carboxylic acids is 2. The van der Waals surface area contributed by atoms with Crippen molar-refractivity contribution in [3.63, 3.8) is 0 Å². The van der Waals surface area contributed by atoms with Gasteiger partial charge in [-0.2, -0.15) is 0 Å². The van der Waals surface area contributed by atoms with E-state index >= 15 is 0 Å². The molecule has 21 heavy (non-hydrogen) atoms. The summed E-state index contributed by atoms with van der Waals surface area (Å²) < 4.78 is 9.97. The van der Waals surface area contributed by atoms with E-state index in [0.717, 1.165) is 6.42 Å². The molecule has 0 saturated carbocycles. The quantitative estimate of drug-likeness (QED) is 0.546. The second-order valence-corrected chi connectivity index (χ2v) is 5.09. The zero-order valence-electron chi connectivity index (χ0n) is 13.0. The third-order valence-electron chi connectivity index (χ3n) is 3.21. The standard InChI is InChI=1S/C17H24O4/c1-4-20-16(18)15(17(19)21-5-2)12-13(3)11-14-9-7-6-8-10-14/h6-10,13,15H,4-5,11-12H2,1-3H3. The zero-order chi connectivity index (χ0) is 15.7. The van der Waals surface area contributed by atoms with E-state index in [4.69, 9.17) is 9.47 Å². The van der Waals surface area contributed by atoms with Gasteiger partial charge in [-0.05, 0) is 38.2 Å². The fourth-order valence-electron chi connectivity index (χ4n) is 2.28. The molecule has 0 heterocycles. The van der Waals surface area contributed by atoms with E-state index in [1.54, 1.807) is 13.8 Å². The van der Waals surface area contributed by atoms with Gasteiger partial charge in [0, 0.05) is 0 Å². The lowest BCUT2D eigenvalue weighted by Gasteiger charge is -2.18. The van der Waals surface area contributed by atoms with Gasteiger partial charge in [-0.15, -0.1) is 0 Å². The van der Waals surface area contributed by atoms with Crippen molar-refractivity contribution in [1.82, 2.24) is 0 Å². The van der Waals surface area contributed by atoms with E-state index in [2.05, 4.69) is 0 Å². The maximum absolute atomic E-state index is 11.9. The van der Waals surface area contributed by atoms with Gasteiger partial charge in [-0.25, -0.2) is 0 Å². The third-order valence-corrected chi connectivity index (χ3v) is 3.21. The van der Waals surface area contributed by atoms with Crippen LogP contribution in [-0.4, -0.2) is 25.2 Å². The Labute approximate surface area is 126 Å². The molecule has 4 nitrogen and oxygen atoms in total. The van der Waals surface area contributed by atoms with Crippen molar-refractivity contribution in [1.29, 1.82) is 0 Å². The van der Waals surface area contributed by atoms with Crippen molar-refractivity contribution in [2.45, 2.75) is 33.6 Å². The number of ether oxygens (including phenoxy) is 2. The molecule has 0 fully saturated rings. The van der Waals surface area contributed by atoms with Crippen molar-refractivity contribution in [2.24, 2.45) is 11.8 Å². The Bertz CT molecular complexity index is 423. The molecule has 0 aromatic heterocycles. The van der Waals surface area contributed by atoms with Gasteiger partial charge in [-0.3, -0.25) is 9.59 Å². The molecule has 1 aromatic rings. The predicted molar refractivity (Wildman–Crippen MR) is 80.7 cm³/mol. The third kappa shape index (κ3) is 5.98. The van der Waals surface area contributed by atoms with Crippen LogP contribution in [0.25, 0.3) is 0 Å². The number of hydrogen-bond acceptors (Lipinski definition) is 4. The minimum absolute atomic E-state index is 0.186. The first-order valence-electron chi connectivity index (χ1n) is 7.45. The maximum atomic E-state index is 11.9. The number of carbonyl (C=O) groups is 2. The molecule has 1 unspecified atom stereocenters. The van der Waals surface area contributed by atoms with Gasteiger partial charge in [-0.1, -0.05) is 37.3 Å². The molecule has 0 radical (unpaired) electrons. The van der Waals surface area contributed by atoms with Crippen molar-refractivity contribution >= 4 is 11.9 Å². The second-order valence-electron chi connectivity index (χ2n) is 5.09. The summed E-state index contributed by atoms with van der Waals surface area (Å²) in [6, 6.07) is 10.0. The summed E-state index contributed by atoms with van der Waals surface area (Å²) in [5.41, 5.74) is 1.19. The Morgan fingerprint density at radius 3 is 2.00 bits per heavy atom. The van der Waals surface area contributed by atoms with Crippen LogP contribution in [0, 0.1) is 11.8 Å². The SMILES string of the molecule is CCOC(=O)C(CC(C)Cc1ccccc1)C(=O)OCC. The lowest BCUT2D eigenvalue weighted by Crippen LogP contribution is -2.30. The average molecular weight is 292 g/mol. The summed E-state index contributed by atoms with van der Waals surface area (Å²) in [5, 5.41) is 0. The van der Waals surface area contributed by atoms with Gasteiger partial charge < -0.3 is 9.47 Å². The molecule has 0 spiro atoms. The molecule has 1 rings (SSSR count). The maximum Gasteiger partial charge on any atom is 0.320 e. The zero-order valence-corrected chi connectivity index (χ0v) is 13.0. The molecule has 0 N–H and O–H groups in total. The van der Waals surface area contributed by atoms with E-state index in [1.165, 1.54) is 5.56 Å². The average Bonchev–Trinajstić information content (AvgIpc) is 2.46. The van der Waals surface area contributed by atoms with Crippen molar-refractivity contribution in [3.8, 4) is 0 Å². The molecule has 0 bridgehead atoms. The molecule has 0 aliphatic rings. The van der Waals surface area contributed by atoms with Gasteiger partial charge in [0.25, 0.3) is 0 Å². The van der Waals surface area contributed by atoms with Crippen LogP contribution in [0.15, 0.2) is 30.3 Å². The molecule has 1 atom stereocenters. The van der Waals surface area contributed by atoms with Gasteiger partial charge in [0.15, 0.2) is 5.92 Å². The van der Waals surface area contributed by atoms with E-state index in [0.29, 0.717) is 6.42 Å². The van der Waals surface area contributed by atoms with Crippen LogP contribution in [0.5, 0.6) is 0 Å². The van der Waals surface area contributed by atoms with Gasteiger partial charge in [0.05, 0.1) is 13.2 Å². The lowest BCUT2D eigenvalue weighted by molar-refractivity contribution is -0.162. The molecule has 0 saturated heterocycles. The first-order chi connectivity index (χ1) is 10.1. The molecule has 0 amide bonds. The lowest BCUT2D eigenvalue weighted by atomic mass is 9.91. The number of benzene rings is 1. The van der Waals surface area contributed by atoms with Crippen molar-refractivity contribution < 1.29 is 19.1 Å². The smallest absolute Gasteiger partial charge is 0.320 e. The molecule has 0 aliphatic carbocycles. The van der Waals surface area contributed by atoms with E-state index < -0.39 is 17.9 Å². The van der Waals surface area contributed by atoms with Crippen LogP contribution >= 0.6 is 0 Å². The normalized spacial score (nSPS) is 12.0. The Hall–Kier alpha value is -1.84. The van der Waals surface area contributed by atoms with Crippen molar-refractivity contribution in [3.05, 3.63) is 35.9 Å². The molecular formula is C17H24O4. The van der Waals surface area contributed by atoms with E-state index in [-0.39, 0.29) is 19.1 Å². The first kappa shape index (κ1) is 17.2. The Morgan fingerprint density at radius 2 is 1.52 bits per heavy atom. The van der Waals surface area contributed by atoms with Crippen LogP contribution < -0.4 is 0 Å². The Morgan fingerprint density at radius 1 is 1.00 bits per heavy atom. The summed E-state index contributed by atoms with van der Waals surface area (Å²) in [7, 11) is 0. The van der Waals surface area contributed by atoms with Crippen LogP contribution in [-0.2, 0) is 25.5 Å². The highest BCUT2D eigenvalue weighted by Gasteiger charge is 2.31. The topological polar surface area (TPSA) is 52.6 Å². The highest BCUT2D eigenvalue weighted by molar-refractivity contribution is 5.94. The van der Waals surface area contributed by atoms with E-state index in [1.807, 2.05) is 37.3 Å². The largest absolute Gasteiger partial charge is 0.465 e. The highest BCUT2D eigenvalue weighted by Crippen LogP contribution is 2.20. The summed E-state index contributed by atoms with van der Waals surface area (Å²) in [4.78, 5) is 23.8. The monoisotopic (exact) mass is 292 g/mol. The fraction of sp³-hybridized carbons (Fsp3) is 0.529. The van der Waals surface area contributed by atoms with Crippen LogP contribution in [0.3, 0.4) is 0 Å². The molecule has 116 valence electrons. The minimum atomic E-state index is -0.830. The molecular weight excluding hydrogens is 268 g/mol. The van der Waals surface area contributed by atoms with Crippen LogP contribution in [0.4, 0.5) is 0 Å². The fourth-order valence-corrected chi connectivity index (χ4v) is 2.28. The minimum Gasteiger partial charge on any atom is -0.465 e. The Balaban J connectivity index is 2.66. The summed E-state index contributed by atoms with van der Waals surface area (Å²) in [5.74, 6) is -1.62. The molecule has 4 heteroatoms. The van der Waals surface area contributed by atoms with Crippen LogP contribution in [0.2, 0.25) is 0 Å². The molecule has 0 aliphatic heterocycles. The van der Waals surface area contributed by atoms with Gasteiger partial charge >= 0.3 is 11.9 Å². The Kier molecular flexibility index (Phi) is 7.51. The summed E-state index contributed by atoms with van der Waals surface area (Å²) >= 11 is 0. The van der Waals surface area contributed by atoms with Gasteiger partial charge in [0.1, 0.15) is 0 Å². The first-order valence-corrected chi connectivity index (χ1v) is 7.45. The highest BCUT2D eigenvalue weighted by atomic mass is 16.6. The summed E-state index contributed by atoms with van der Waals surface area (Å²) in [6.45, 7) is 6.02. The number of rotatable bonds is 8. The molecule has 1 aromatic carbocycles. The van der Waals surface area contributed by atoms with Crippen LogP contribution in [0.1, 0.15) is 32.8 Å². The predicted octanol–water partition coefficient (Wildman–Crippen LogP) is 3.00. The van der Waals surface area contributed by atoms with Gasteiger partial charge in [0.2, 0.25) is 0 Å². The summed E-state index contributed by atoms with van der Waals surface area (Å²) in [6.07, 6.45) is 1.25.